The van der Waals surface area contributed by atoms with Gasteiger partial charge in [-0.05, 0) is 24.3 Å². The zero-order chi connectivity index (χ0) is 17.8. The molecule has 0 saturated carbocycles. The van der Waals surface area contributed by atoms with Gasteiger partial charge in [-0.15, -0.1) is 0 Å². The van der Waals surface area contributed by atoms with Crippen LogP contribution < -0.4 is 20.1 Å². The van der Waals surface area contributed by atoms with Crippen molar-refractivity contribution >= 4 is 17.5 Å². The van der Waals surface area contributed by atoms with E-state index in [1.54, 1.807) is 30.5 Å². The van der Waals surface area contributed by atoms with Gasteiger partial charge in [0.15, 0.2) is 11.5 Å². The fourth-order valence-corrected chi connectivity index (χ4v) is 2.60. The smallest absolute Gasteiger partial charge is 0.229 e. The molecule has 6 nitrogen and oxygen atoms in total. The van der Waals surface area contributed by atoms with Gasteiger partial charge >= 0.3 is 0 Å². The van der Waals surface area contributed by atoms with Gasteiger partial charge in [0, 0.05) is 30.1 Å². The van der Waals surface area contributed by atoms with Crippen LogP contribution in [0, 0.1) is 5.82 Å². The highest BCUT2D eigenvalue weighted by atomic mass is 19.1. The summed E-state index contributed by atoms with van der Waals surface area (Å²) in [5, 5.41) is 6.23. The van der Waals surface area contributed by atoms with Crippen LogP contribution in [0.1, 0.15) is 5.56 Å². The van der Waals surface area contributed by atoms with Crippen LogP contribution in [0.4, 0.5) is 21.8 Å². The van der Waals surface area contributed by atoms with Gasteiger partial charge in [-0.1, -0.05) is 18.2 Å². The van der Waals surface area contributed by atoms with Crippen molar-refractivity contribution in [1.82, 2.24) is 9.97 Å². The van der Waals surface area contributed by atoms with Crippen LogP contribution in [0.25, 0.3) is 0 Å². The molecule has 0 aliphatic carbocycles. The van der Waals surface area contributed by atoms with Crippen LogP contribution in [0.3, 0.4) is 0 Å². The van der Waals surface area contributed by atoms with E-state index < -0.39 is 0 Å². The Hall–Kier alpha value is -3.35. The van der Waals surface area contributed by atoms with E-state index >= 15 is 0 Å². The number of nitrogens with zero attached hydrogens (tertiary/aromatic N) is 2. The Morgan fingerprint density at radius 3 is 2.73 bits per heavy atom. The number of aromatic nitrogens is 2. The largest absolute Gasteiger partial charge is 0.486 e. The lowest BCUT2D eigenvalue weighted by Crippen LogP contribution is -2.15. The van der Waals surface area contributed by atoms with E-state index in [-0.39, 0.29) is 5.82 Å². The van der Waals surface area contributed by atoms with E-state index in [0.29, 0.717) is 42.8 Å². The minimum atomic E-state index is -0.247. The predicted octanol–water partition coefficient (Wildman–Crippen LogP) is 3.74. The van der Waals surface area contributed by atoms with Gasteiger partial charge in [0.2, 0.25) is 5.95 Å². The molecule has 0 radical (unpaired) electrons. The number of rotatable bonds is 5. The van der Waals surface area contributed by atoms with Crippen molar-refractivity contribution < 1.29 is 13.9 Å². The number of hydrogen-bond acceptors (Lipinski definition) is 6. The van der Waals surface area contributed by atoms with Crippen LogP contribution in [-0.4, -0.2) is 23.2 Å². The van der Waals surface area contributed by atoms with Crippen molar-refractivity contribution in [3.05, 3.63) is 66.1 Å². The standard InChI is InChI=1S/C19H17FN4O2/c20-15-4-2-1-3-13(15)12-22-18-7-8-21-19(24-18)23-14-5-6-16-17(11-14)26-10-9-25-16/h1-8,11H,9-10,12H2,(H2,21,22,23,24). The zero-order valence-corrected chi connectivity index (χ0v) is 13.9. The molecule has 1 aromatic heterocycles. The molecule has 0 fully saturated rings. The van der Waals surface area contributed by atoms with Gasteiger partial charge in [0.25, 0.3) is 0 Å². The molecule has 0 amide bonds. The topological polar surface area (TPSA) is 68.3 Å². The van der Waals surface area contributed by atoms with Crippen molar-refractivity contribution in [2.75, 3.05) is 23.8 Å². The van der Waals surface area contributed by atoms with Gasteiger partial charge in [-0.3, -0.25) is 0 Å². The highest BCUT2D eigenvalue weighted by Crippen LogP contribution is 2.33. The molecule has 3 aromatic rings. The number of fused-ring (bicyclic) bond motifs is 1. The second kappa shape index (κ2) is 7.26. The number of benzene rings is 2. The molecular formula is C19H17FN4O2. The van der Waals surface area contributed by atoms with Crippen LogP contribution >= 0.6 is 0 Å². The first-order valence-corrected chi connectivity index (χ1v) is 8.25. The van der Waals surface area contributed by atoms with Crippen molar-refractivity contribution in [3.8, 4) is 11.5 Å². The average Bonchev–Trinajstić information content (AvgIpc) is 2.68. The highest BCUT2D eigenvalue weighted by molar-refractivity contribution is 5.60. The Kier molecular flexibility index (Phi) is 4.51. The van der Waals surface area contributed by atoms with E-state index in [1.807, 2.05) is 18.2 Å². The molecule has 26 heavy (non-hydrogen) atoms. The fraction of sp³-hybridized carbons (Fsp3) is 0.158. The molecule has 0 atom stereocenters. The zero-order valence-electron chi connectivity index (χ0n) is 13.9. The molecule has 7 heteroatoms. The highest BCUT2D eigenvalue weighted by Gasteiger charge is 2.12. The summed E-state index contributed by atoms with van der Waals surface area (Å²) < 4.78 is 24.8. The third-order valence-corrected chi connectivity index (χ3v) is 3.87. The molecular weight excluding hydrogens is 335 g/mol. The Bertz CT molecular complexity index is 920. The number of anilines is 3. The van der Waals surface area contributed by atoms with Crippen molar-refractivity contribution in [1.29, 1.82) is 0 Å². The quantitative estimate of drug-likeness (QED) is 0.729. The van der Waals surface area contributed by atoms with Gasteiger partial charge < -0.3 is 20.1 Å². The minimum absolute atomic E-state index is 0.247. The fourth-order valence-electron chi connectivity index (χ4n) is 2.60. The molecule has 2 N–H and O–H groups in total. The van der Waals surface area contributed by atoms with Crippen molar-refractivity contribution in [2.45, 2.75) is 6.54 Å². The van der Waals surface area contributed by atoms with E-state index in [9.17, 15) is 4.39 Å². The molecule has 1 aliphatic heterocycles. The Morgan fingerprint density at radius 1 is 1.00 bits per heavy atom. The van der Waals surface area contributed by atoms with Crippen LogP contribution in [0.2, 0.25) is 0 Å². The molecule has 2 heterocycles. The average molecular weight is 352 g/mol. The molecule has 4 rings (SSSR count). The normalized spacial score (nSPS) is 12.5. The summed E-state index contributed by atoms with van der Waals surface area (Å²) in [6.45, 7) is 1.42. The third kappa shape index (κ3) is 3.66. The lowest BCUT2D eigenvalue weighted by atomic mass is 10.2. The Morgan fingerprint density at radius 2 is 1.85 bits per heavy atom. The van der Waals surface area contributed by atoms with Crippen molar-refractivity contribution in [2.24, 2.45) is 0 Å². The maximum atomic E-state index is 13.7. The summed E-state index contributed by atoms with van der Waals surface area (Å²) in [6.07, 6.45) is 1.64. The summed E-state index contributed by atoms with van der Waals surface area (Å²) in [4.78, 5) is 8.61. The molecule has 2 aromatic carbocycles. The van der Waals surface area contributed by atoms with E-state index in [4.69, 9.17) is 9.47 Å². The summed E-state index contributed by atoms with van der Waals surface area (Å²) in [5.41, 5.74) is 1.37. The third-order valence-electron chi connectivity index (χ3n) is 3.87. The monoisotopic (exact) mass is 352 g/mol. The van der Waals surface area contributed by atoms with Gasteiger partial charge in [0.05, 0.1) is 0 Å². The molecule has 0 saturated heterocycles. The van der Waals surface area contributed by atoms with Gasteiger partial charge in [-0.2, -0.15) is 4.98 Å². The molecule has 0 spiro atoms. The molecule has 132 valence electrons. The lowest BCUT2D eigenvalue weighted by Gasteiger charge is -2.19. The summed E-state index contributed by atoms with van der Waals surface area (Å²) >= 11 is 0. The summed E-state index contributed by atoms with van der Waals surface area (Å²) in [6, 6.07) is 13.9. The van der Waals surface area contributed by atoms with Crippen molar-refractivity contribution in [3.63, 3.8) is 0 Å². The molecule has 0 unspecified atom stereocenters. The molecule has 1 aliphatic rings. The second-order valence-electron chi connectivity index (χ2n) is 5.69. The van der Waals surface area contributed by atoms with E-state index in [2.05, 4.69) is 20.6 Å². The number of ether oxygens (including phenoxy) is 2. The summed E-state index contributed by atoms with van der Waals surface area (Å²) in [5.74, 6) is 2.20. The first kappa shape index (κ1) is 16.1. The number of nitrogens with one attached hydrogen (secondary N) is 2. The van der Waals surface area contributed by atoms with Crippen LogP contribution in [-0.2, 0) is 6.54 Å². The van der Waals surface area contributed by atoms with Gasteiger partial charge in [-0.25, -0.2) is 9.37 Å². The molecule has 0 bridgehead atoms. The second-order valence-corrected chi connectivity index (χ2v) is 5.69. The minimum Gasteiger partial charge on any atom is -0.486 e. The first-order valence-electron chi connectivity index (χ1n) is 8.25. The lowest BCUT2D eigenvalue weighted by molar-refractivity contribution is 0.171. The van der Waals surface area contributed by atoms with Gasteiger partial charge in [0.1, 0.15) is 24.8 Å². The van der Waals surface area contributed by atoms with Crippen LogP contribution in [0.5, 0.6) is 11.5 Å². The first-order chi connectivity index (χ1) is 12.8. The summed E-state index contributed by atoms with van der Waals surface area (Å²) in [7, 11) is 0. The van der Waals surface area contributed by atoms with E-state index in [1.165, 1.54) is 6.07 Å². The Labute approximate surface area is 150 Å². The number of hydrogen-bond donors (Lipinski definition) is 2. The Balaban J connectivity index is 1.45. The SMILES string of the molecule is Fc1ccccc1CNc1ccnc(Nc2ccc3c(c2)OCCO3)n1. The predicted molar refractivity (Wildman–Crippen MR) is 96.5 cm³/mol. The van der Waals surface area contributed by atoms with E-state index in [0.717, 1.165) is 11.4 Å². The maximum absolute atomic E-state index is 13.7. The number of halogens is 1. The van der Waals surface area contributed by atoms with Crippen LogP contribution in [0.15, 0.2) is 54.7 Å². The maximum Gasteiger partial charge on any atom is 0.229 e.